The third-order valence-corrected chi connectivity index (χ3v) is 7.35. The lowest BCUT2D eigenvalue weighted by Crippen LogP contribution is -2.63. The first-order chi connectivity index (χ1) is 14.5. The third-order valence-electron chi connectivity index (χ3n) is 2.45. The molecule has 0 aromatic carbocycles. The SMILES string of the molecule is O=S1(=O)OC2(O1)OS(=O)(=O)O2.O=S1(=O)OC2(O1)OS(=O)(=O)O2.O=S1(=O)OC2(O1)OS(=O)(=O)O2. The topological polar surface area (TPSA) is 316 Å². The van der Waals surface area contributed by atoms with Crippen LogP contribution in [-0.4, -0.2) is 69.0 Å². The molecule has 0 N–H and O–H groups in total. The Morgan fingerprint density at radius 3 is 0.394 bits per heavy atom. The highest BCUT2D eigenvalue weighted by Gasteiger charge is 2.71. The molecule has 0 bridgehead atoms. The number of hydrogen-bond donors (Lipinski definition) is 0. The molecule has 0 radical (unpaired) electrons. The minimum Gasteiger partial charge on any atom is -0.169 e. The summed E-state index contributed by atoms with van der Waals surface area (Å²) in [6.07, 6.45) is -7.09. The Hall–Kier alpha value is -0.780. The van der Waals surface area contributed by atoms with Crippen molar-refractivity contribution >= 4 is 62.4 Å². The summed E-state index contributed by atoms with van der Waals surface area (Å²) in [4.78, 5) is 0. The van der Waals surface area contributed by atoms with Gasteiger partial charge in [-0.1, -0.05) is 0 Å². The molecule has 30 heteroatoms. The minimum absolute atomic E-state index is 2.36. The molecule has 6 saturated heterocycles. The minimum atomic E-state index is -4.11. The number of hydrogen-bond acceptors (Lipinski definition) is 24. The second kappa shape index (κ2) is 6.70. The molecule has 0 unspecified atom stereocenters. The Balaban J connectivity index is 0.000000118. The van der Waals surface area contributed by atoms with Crippen molar-refractivity contribution in [3.63, 3.8) is 0 Å². The van der Waals surface area contributed by atoms with Crippen LogP contribution in [0.3, 0.4) is 0 Å². The van der Waals surface area contributed by atoms with Crippen LogP contribution in [0.15, 0.2) is 0 Å². The molecule has 0 saturated carbocycles. The Labute approximate surface area is 181 Å². The van der Waals surface area contributed by atoms with Gasteiger partial charge in [0.15, 0.2) is 0 Å². The maximum atomic E-state index is 10.1. The Bertz CT molecular complexity index is 1140. The van der Waals surface area contributed by atoms with E-state index in [-0.39, 0.29) is 0 Å². The highest BCUT2D eigenvalue weighted by atomic mass is 32.3. The highest BCUT2D eigenvalue weighted by molar-refractivity contribution is 7.85. The van der Waals surface area contributed by atoms with Crippen LogP contribution in [-0.2, 0) is 113 Å². The second-order valence-corrected chi connectivity index (χ2v) is 11.8. The zero-order valence-electron chi connectivity index (χ0n) is 13.7. The van der Waals surface area contributed by atoms with Crippen LogP contribution in [0.5, 0.6) is 0 Å². The smallest absolute Gasteiger partial charge is 0.169 e. The van der Waals surface area contributed by atoms with E-state index in [2.05, 4.69) is 50.2 Å². The molecule has 24 nitrogen and oxygen atoms in total. The van der Waals surface area contributed by atoms with E-state index in [9.17, 15) is 50.5 Å². The van der Waals surface area contributed by atoms with Crippen molar-refractivity contribution in [3.8, 4) is 0 Å². The second-order valence-electron chi connectivity index (χ2n) is 4.95. The van der Waals surface area contributed by atoms with E-state index in [0.717, 1.165) is 0 Å². The van der Waals surface area contributed by atoms with Crippen molar-refractivity contribution < 1.29 is 101 Å². The normalized spacial score (nSPS) is 35.6. The lowest BCUT2D eigenvalue weighted by Gasteiger charge is -2.39. The fourth-order valence-corrected chi connectivity index (χ4v) is 6.11. The van der Waals surface area contributed by atoms with Crippen molar-refractivity contribution in [2.24, 2.45) is 0 Å². The summed E-state index contributed by atoms with van der Waals surface area (Å²) >= 11 is 0. The standard InChI is InChI=1S/3CO8S2/c3*2-10(3)6-1(7-10)8-11(4,5)9-1. The predicted octanol–water partition coefficient (Wildman–Crippen LogP) is -5.46. The summed E-state index contributed by atoms with van der Waals surface area (Å²) in [5, 5.41) is 0. The van der Waals surface area contributed by atoms with Crippen LogP contribution in [0, 0.1) is 0 Å². The average molecular weight is 612 g/mol. The first kappa shape index (κ1) is 25.3. The van der Waals surface area contributed by atoms with Gasteiger partial charge in [0.25, 0.3) is 0 Å². The quantitative estimate of drug-likeness (QED) is 0.246. The molecular weight excluding hydrogens is 612 g/mol. The van der Waals surface area contributed by atoms with Gasteiger partial charge < -0.3 is 0 Å². The van der Waals surface area contributed by atoms with E-state index in [1.54, 1.807) is 0 Å². The van der Waals surface area contributed by atoms with Crippen molar-refractivity contribution in [1.82, 2.24) is 0 Å². The molecule has 3 spiro atoms. The number of rotatable bonds is 0. The van der Waals surface area contributed by atoms with E-state index < -0.39 is 80.9 Å². The Morgan fingerprint density at radius 1 is 0.242 bits per heavy atom. The molecule has 6 aliphatic heterocycles. The molecule has 6 aliphatic rings. The first-order valence-corrected chi connectivity index (χ1v) is 14.4. The van der Waals surface area contributed by atoms with Gasteiger partial charge in [0.05, 0.1) is 0 Å². The molecule has 6 rings (SSSR count). The summed E-state index contributed by atoms with van der Waals surface area (Å²) < 4.78 is 167. The summed E-state index contributed by atoms with van der Waals surface area (Å²) in [7, 11) is -24.7. The van der Waals surface area contributed by atoms with Gasteiger partial charge >= 0.3 is 80.9 Å². The molecule has 6 fully saturated rings. The highest BCUT2D eigenvalue weighted by Crippen LogP contribution is 2.45. The molecule has 0 aliphatic carbocycles. The summed E-state index contributed by atoms with van der Waals surface area (Å²) in [6.45, 7) is 0. The van der Waals surface area contributed by atoms with Gasteiger partial charge in [0, 0.05) is 0 Å². The maximum absolute atomic E-state index is 10.1. The fraction of sp³-hybridized carbons (Fsp3) is 1.00. The van der Waals surface area contributed by atoms with E-state index in [1.165, 1.54) is 0 Å². The van der Waals surface area contributed by atoms with Gasteiger partial charge in [-0.25, -0.2) is 0 Å². The third kappa shape index (κ3) is 5.26. The van der Waals surface area contributed by atoms with Crippen LogP contribution >= 0.6 is 0 Å². The van der Waals surface area contributed by atoms with Gasteiger partial charge in [-0.15, -0.1) is 0 Å². The van der Waals surface area contributed by atoms with E-state index in [1.807, 2.05) is 0 Å². The fourth-order valence-electron chi connectivity index (χ4n) is 1.70. The Morgan fingerprint density at radius 2 is 0.333 bits per heavy atom. The van der Waals surface area contributed by atoms with E-state index in [0.29, 0.717) is 0 Å². The van der Waals surface area contributed by atoms with Crippen LogP contribution in [0.2, 0.25) is 0 Å². The largest absolute Gasteiger partial charge is 0.477 e. The molecule has 6 heterocycles. The molecule has 192 valence electrons. The van der Waals surface area contributed by atoms with Crippen molar-refractivity contribution in [1.29, 1.82) is 0 Å². The Kier molecular flexibility index (Phi) is 5.14. The molecule has 0 atom stereocenters. The molecule has 0 amide bonds. The van der Waals surface area contributed by atoms with Crippen LogP contribution in [0.4, 0.5) is 0 Å². The zero-order chi connectivity index (χ0) is 25.0. The first-order valence-electron chi connectivity index (χ1n) is 6.45. The van der Waals surface area contributed by atoms with Crippen molar-refractivity contribution in [3.05, 3.63) is 0 Å². The average Bonchev–Trinajstić information content (AvgIpc) is 2.35. The summed E-state index contributed by atoms with van der Waals surface area (Å²) in [6, 6.07) is 0. The lowest BCUT2D eigenvalue weighted by atomic mass is 11.2. The lowest BCUT2D eigenvalue weighted by molar-refractivity contribution is -0.454. The molecule has 0 aromatic rings. The molecular formula is C3O24S6. The van der Waals surface area contributed by atoms with E-state index >= 15 is 0 Å². The van der Waals surface area contributed by atoms with Crippen molar-refractivity contribution in [2.75, 3.05) is 0 Å². The van der Waals surface area contributed by atoms with Gasteiger partial charge in [-0.05, 0) is 0 Å². The van der Waals surface area contributed by atoms with Crippen LogP contribution in [0.1, 0.15) is 0 Å². The van der Waals surface area contributed by atoms with Crippen LogP contribution < -0.4 is 0 Å². The predicted molar refractivity (Wildman–Crippen MR) is 74.7 cm³/mol. The van der Waals surface area contributed by atoms with E-state index in [4.69, 9.17) is 0 Å². The van der Waals surface area contributed by atoms with Gasteiger partial charge in [-0.2, -0.15) is 101 Å². The maximum Gasteiger partial charge on any atom is 0.477 e. The van der Waals surface area contributed by atoms with Gasteiger partial charge in [-0.3, -0.25) is 0 Å². The van der Waals surface area contributed by atoms with Crippen molar-refractivity contribution in [2.45, 2.75) is 18.5 Å². The van der Waals surface area contributed by atoms with Gasteiger partial charge in [0.1, 0.15) is 0 Å². The monoisotopic (exact) mass is 612 g/mol. The summed E-state index contributed by atoms with van der Waals surface area (Å²) in [5.74, 6) is 0. The molecule has 0 aromatic heterocycles. The van der Waals surface area contributed by atoms with Crippen LogP contribution in [0.25, 0.3) is 0 Å². The summed E-state index contributed by atoms with van der Waals surface area (Å²) in [5.41, 5.74) is 0. The zero-order valence-corrected chi connectivity index (χ0v) is 18.6. The molecule has 33 heavy (non-hydrogen) atoms. The van der Waals surface area contributed by atoms with Gasteiger partial charge in [0.2, 0.25) is 0 Å².